The Bertz CT molecular complexity index is 986. The first-order chi connectivity index (χ1) is 11.3. The van der Waals surface area contributed by atoms with Crippen LogP contribution in [0.15, 0.2) is 65.0 Å². The minimum atomic E-state index is 0.120. The highest BCUT2D eigenvalue weighted by molar-refractivity contribution is 7.13. The molecule has 0 aliphatic rings. The van der Waals surface area contributed by atoms with E-state index < -0.39 is 0 Å². The lowest BCUT2D eigenvalue weighted by Crippen LogP contribution is -1.79. The molecule has 0 saturated heterocycles. The highest BCUT2D eigenvalue weighted by Crippen LogP contribution is 2.28. The molecule has 2 N–H and O–H groups in total. The van der Waals surface area contributed by atoms with Crippen molar-refractivity contribution in [2.45, 2.75) is 0 Å². The van der Waals surface area contributed by atoms with E-state index in [0.717, 1.165) is 22.2 Å². The summed E-state index contributed by atoms with van der Waals surface area (Å²) >= 11 is 1.48. The first kappa shape index (κ1) is 13.7. The van der Waals surface area contributed by atoms with Gasteiger partial charge in [0.05, 0.1) is 11.3 Å². The van der Waals surface area contributed by atoms with Crippen LogP contribution in [0.2, 0.25) is 0 Å². The molecule has 0 bridgehead atoms. The van der Waals surface area contributed by atoms with Gasteiger partial charge in [0, 0.05) is 28.1 Å². The van der Waals surface area contributed by atoms with Gasteiger partial charge in [-0.15, -0.1) is 11.3 Å². The van der Waals surface area contributed by atoms with Gasteiger partial charge in [-0.1, -0.05) is 48.5 Å². The fraction of sp³-hybridized carbons (Fsp3) is 0. The van der Waals surface area contributed by atoms with Crippen molar-refractivity contribution in [3.05, 3.63) is 65.5 Å². The number of rotatable bonds is 3. The Hall–Kier alpha value is -2.92. The molecule has 2 aromatic heterocycles. The van der Waals surface area contributed by atoms with Gasteiger partial charge < -0.3 is 10.1 Å². The number of hydrogen-bond acceptors (Lipinski definition) is 4. The number of aromatic hydroxyl groups is 1. The smallest absolute Gasteiger partial charge is 0.209 e. The molecule has 5 heteroatoms. The molecule has 0 unspecified atom stereocenters. The van der Waals surface area contributed by atoms with Crippen molar-refractivity contribution in [1.29, 1.82) is 0 Å². The Kier molecular flexibility index (Phi) is 3.40. The van der Waals surface area contributed by atoms with E-state index in [4.69, 9.17) is 0 Å². The fourth-order valence-electron chi connectivity index (χ4n) is 2.46. The molecule has 0 radical (unpaired) electrons. The number of benzene rings is 2. The lowest BCUT2D eigenvalue weighted by atomic mass is 10.2. The summed E-state index contributed by atoms with van der Waals surface area (Å²) in [5.74, 6) is 0.120. The van der Waals surface area contributed by atoms with Crippen molar-refractivity contribution >= 4 is 33.6 Å². The van der Waals surface area contributed by atoms with Gasteiger partial charge in [0.15, 0.2) is 5.88 Å². The predicted molar refractivity (Wildman–Crippen MR) is 94.8 cm³/mol. The van der Waals surface area contributed by atoms with Crippen LogP contribution in [0.3, 0.4) is 0 Å². The molecule has 4 nitrogen and oxygen atoms in total. The van der Waals surface area contributed by atoms with Crippen molar-refractivity contribution in [3.8, 4) is 17.1 Å². The maximum absolute atomic E-state index is 10.0. The second kappa shape index (κ2) is 5.70. The van der Waals surface area contributed by atoms with Gasteiger partial charge in [-0.25, -0.2) is 9.98 Å². The van der Waals surface area contributed by atoms with E-state index >= 15 is 0 Å². The molecule has 0 saturated carbocycles. The Morgan fingerprint density at radius 2 is 1.83 bits per heavy atom. The number of H-pyrrole nitrogens is 1. The molecule has 0 fully saturated rings. The summed E-state index contributed by atoms with van der Waals surface area (Å²) in [5.41, 5.74) is 3.54. The summed E-state index contributed by atoms with van der Waals surface area (Å²) in [4.78, 5) is 11.9. The first-order valence-corrected chi connectivity index (χ1v) is 8.04. The van der Waals surface area contributed by atoms with E-state index in [2.05, 4.69) is 15.0 Å². The second-order valence-corrected chi connectivity index (χ2v) is 5.91. The van der Waals surface area contributed by atoms with E-state index in [9.17, 15) is 5.11 Å². The van der Waals surface area contributed by atoms with Crippen LogP contribution in [0.4, 0.5) is 5.13 Å². The average molecular weight is 319 g/mol. The molecule has 23 heavy (non-hydrogen) atoms. The standard InChI is InChI=1S/C18H13N3OS/c22-17-14(13-8-4-5-9-15(13)20-17)10-19-18-21-16(11-23-18)12-6-2-1-3-7-12/h1-11,20,22H. The molecule has 4 aromatic rings. The van der Waals surface area contributed by atoms with Crippen LogP contribution in [0.5, 0.6) is 5.88 Å². The molecular weight excluding hydrogens is 306 g/mol. The zero-order chi connectivity index (χ0) is 15.6. The van der Waals surface area contributed by atoms with Gasteiger partial charge in [0.1, 0.15) is 0 Å². The Balaban J connectivity index is 1.66. The third-order valence-corrected chi connectivity index (χ3v) is 4.34. The third kappa shape index (κ3) is 2.62. The number of fused-ring (bicyclic) bond motifs is 1. The zero-order valence-corrected chi connectivity index (χ0v) is 12.9. The average Bonchev–Trinajstić information content (AvgIpc) is 3.18. The summed E-state index contributed by atoms with van der Waals surface area (Å²) in [5, 5.41) is 13.6. The maximum Gasteiger partial charge on any atom is 0.209 e. The molecule has 2 aromatic carbocycles. The van der Waals surface area contributed by atoms with Gasteiger partial charge >= 0.3 is 0 Å². The minimum absolute atomic E-state index is 0.120. The number of aromatic amines is 1. The van der Waals surface area contributed by atoms with Gasteiger partial charge in [-0.3, -0.25) is 0 Å². The van der Waals surface area contributed by atoms with Crippen LogP contribution < -0.4 is 0 Å². The molecule has 0 atom stereocenters. The molecule has 4 rings (SSSR count). The van der Waals surface area contributed by atoms with E-state index in [0.29, 0.717) is 10.7 Å². The van der Waals surface area contributed by atoms with Crippen molar-refractivity contribution in [2.24, 2.45) is 4.99 Å². The number of hydrogen-bond donors (Lipinski definition) is 2. The zero-order valence-electron chi connectivity index (χ0n) is 12.1. The molecule has 0 amide bonds. The summed E-state index contributed by atoms with van der Waals surface area (Å²) in [7, 11) is 0. The summed E-state index contributed by atoms with van der Waals surface area (Å²) in [6.45, 7) is 0. The molecule has 2 heterocycles. The Morgan fingerprint density at radius 3 is 2.70 bits per heavy atom. The van der Waals surface area contributed by atoms with Crippen LogP contribution in [0.25, 0.3) is 22.2 Å². The second-order valence-electron chi connectivity index (χ2n) is 5.07. The highest BCUT2D eigenvalue weighted by Gasteiger charge is 2.08. The van der Waals surface area contributed by atoms with E-state index in [-0.39, 0.29) is 5.88 Å². The van der Waals surface area contributed by atoms with Gasteiger partial charge in [-0.05, 0) is 6.07 Å². The van der Waals surface area contributed by atoms with Gasteiger partial charge in [0.25, 0.3) is 0 Å². The summed E-state index contributed by atoms with van der Waals surface area (Å²) < 4.78 is 0. The van der Waals surface area contributed by atoms with E-state index in [1.165, 1.54) is 11.3 Å². The number of thiazole rings is 1. The molecular formula is C18H13N3OS. The SMILES string of the molecule is Oc1[nH]c2ccccc2c1C=Nc1nc(-c2ccccc2)cs1. The number of nitrogens with zero attached hydrogens (tertiary/aromatic N) is 2. The quantitative estimate of drug-likeness (QED) is 0.535. The summed E-state index contributed by atoms with van der Waals surface area (Å²) in [6.07, 6.45) is 1.65. The first-order valence-electron chi connectivity index (χ1n) is 7.16. The van der Waals surface area contributed by atoms with Crippen molar-refractivity contribution in [1.82, 2.24) is 9.97 Å². The fourth-order valence-corrected chi connectivity index (χ4v) is 3.14. The van der Waals surface area contributed by atoms with Gasteiger partial charge in [0.2, 0.25) is 5.13 Å². The number of nitrogens with one attached hydrogen (secondary N) is 1. The number of aliphatic imine (C=N–C) groups is 1. The van der Waals surface area contributed by atoms with Crippen molar-refractivity contribution < 1.29 is 5.11 Å². The monoisotopic (exact) mass is 319 g/mol. The molecule has 0 aliphatic carbocycles. The largest absolute Gasteiger partial charge is 0.494 e. The normalized spacial score (nSPS) is 11.5. The highest BCUT2D eigenvalue weighted by atomic mass is 32.1. The lowest BCUT2D eigenvalue weighted by molar-refractivity contribution is 0.457. The van der Waals surface area contributed by atoms with Crippen LogP contribution in [-0.4, -0.2) is 21.3 Å². The predicted octanol–water partition coefficient (Wildman–Crippen LogP) is 4.75. The summed E-state index contributed by atoms with van der Waals surface area (Å²) in [6, 6.07) is 17.7. The third-order valence-electron chi connectivity index (χ3n) is 3.59. The van der Waals surface area contributed by atoms with Gasteiger partial charge in [-0.2, -0.15) is 0 Å². The van der Waals surface area contributed by atoms with Crippen LogP contribution in [-0.2, 0) is 0 Å². The Labute approximate surface area is 136 Å². The van der Waals surface area contributed by atoms with Crippen molar-refractivity contribution in [2.75, 3.05) is 0 Å². The van der Waals surface area contributed by atoms with Crippen LogP contribution in [0, 0.1) is 0 Å². The minimum Gasteiger partial charge on any atom is -0.494 e. The van der Waals surface area contributed by atoms with E-state index in [1.807, 2.05) is 60.0 Å². The topological polar surface area (TPSA) is 61.3 Å². The molecule has 0 aliphatic heterocycles. The van der Waals surface area contributed by atoms with Crippen molar-refractivity contribution in [3.63, 3.8) is 0 Å². The Morgan fingerprint density at radius 1 is 1.04 bits per heavy atom. The molecule has 0 spiro atoms. The van der Waals surface area contributed by atoms with Crippen LogP contribution in [0.1, 0.15) is 5.56 Å². The number of aromatic nitrogens is 2. The molecule has 112 valence electrons. The van der Waals surface area contributed by atoms with Crippen LogP contribution >= 0.6 is 11.3 Å². The lowest BCUT2D eigenvalue weighted by Gasteiger charge is -1.93. The number of para-hydroxylation sites is 1. The maximum atomic E-state index is 10.0. The van der Waals surface area contributed by atoms with E-state index in [1.54, 1.807) is 6.21 Å².